The van der Waals surface area contributed by atoms with Gasteiger partial charge in [0.15, 0.2) is 0 Å². The third-order valence-electron chi connectivity index (χ3n) is 5.74. The number of hydrogen-bond donors (Lipinski definition) is 0. The van der Waals surface area contributed by atoms with Gasteiger partial charge in [-0.05, 0) is 54.2 Å². The van der Waals surface area contributed by atoms with E-state index in [4.69, 9.17) is 3.07 Å². The first-order chi connectivity index (χ1) is 13.3. The van der Waals surface area contributed by atoms with Gasteiger partial charge in [-0.3, -0.25) is 9.80 Å². The summed E-state index contributed by atoms with van der Waals surface area (Å²) < 4.78 is 5.13. The minimum Gasteiger partial charge on any atom is -0.311 e. The van der Waals surface area contributed by atoms with Crippen LogP contribution < -0.4 is 9.80 Å². The average Bonchev–Trinajstić information content (AvgIpc) is 3.11. The summed E-state index contributed by atoms with van der Waals surface area (Å²) in [7, 11) is 0. The van der Waals surface area contributed by atoms with Crippen LogP contribution in [0.25, 0.3) is 0 Å². The summed E-state index contributed by atoms with van der Waals surface area (Å²) in [6.45, 7) is 2.02. The van der Waals surface area contributed by atoms with Gasteiger partial charge in [0, 0.05) is 24.5 Å². The molecule has 2 aromatic carbocycles. The zero-order chi connectivity index (χ0) is 18.6. The average molecular weight is 476 g/mol. The van der Waals surface area contributed by atoms with Crippen molar-refractivity contribution < 1.29 is 7.86 Å². The van der Waals surface area contributed by atoms with E-state index in [1.165, 1.54) is 37.7 Å². The van der Waals surface area contributed by atoms with Gasteiger partial charge in [-0.1, -0.05) is 43.5 Å². The minimum atomic E-state index is 0.0636. The molecule has 4 nitrogen and oxygen atoms in total. The lowest BCUT2D eigenvalue weighted by atomic mass is 9.84. The van der Waals surface area contributed by atoms with Gasteiger partial charge >= 0.3 is 6.03 Å². The Morgan fingerprint density at radius 2 is 1.63 bits per heavy atom. The molecule has 2 amide bonds. The largest absolute Gasteiger partial charge is 0.329 e. The normalized spacial score (nSPS) is 18.3. The molecule has 27 heavy (non-hydrogen) atoms. The molecule has 0 N–H and O–H groups in total. The number of halogens is 1. The van der Waals surface area contributed by atoms with Gasteiger partial charge < -0.3 is 3.07 Å². The molecule has 0 aromatic heterocycles. The highest BCUT2D eigenvalue weighted by Crippen LogP contribution is 2.35. The molecule has 142 valence electrons. The molecule has 1 saturated heterocycles. The molecule has 1 saturated carbocycles. The van der Waals surface area contributed by atoms with Crippen molar-refractivity contribution in [3.05, 3.63) is 59.7 Å². The van der Waals surface area contributed by atoms with Crippen LogP contribution in [0, 0.1) is 0 Å². The first kappa shape index (κ1) is 18.7. The molecular weight excluding hydrogens is 451 g/mol. The fraction of sp³-hybridized carbons (Fsp3) is 0.409. The zero-order valence-corrected chi connectivity index (χ0v) is 17.6. The second-order valence-electron chi connectivity index (χ2n) is 7.44. The van der Waals surface area contributed by atoms with Crippen LogP contribution in [0.3, 0.4) is 0 Å². The Hall–Kier alpha value is -1.60. The van der Waals surface area contributed by atoms with Crippen LogP contribution in [0.1, 0.15) is 49.1 Å². The molecule has 0 bridgehead atoms. The van der Waals surface area contributed by atoms with Gasteiger partial charge in [-0.15, -0.1) is 0 Å². The Morgan fingerprint density at radius 3 is 2.33 bits per heavy atom. The van der Waals surface area contributed by atoms with E-state index in [1.54, 1.807) is 0 Å². The van der Waals surface area contributed by atoms with Crippen molar-refractivity contribution in [1.82, 2.24) is 0 Å². The number of amides is 2. The van der Waals surface area contributed by atoms with Gasteiger partial charge in [0.05, 0.1) is 6.61 Å². The summed E-state index contributed by atoms with van der Waals surface area (Å²) in [5.74, 6) is 0.653. The molecule has 2 aliphatic rings. The highest BCUT2D eigenvalue weighted by atomic mass is 127. The molecule has 2 fully saturated rings. The fourth-order valence-corrected chi connectivity index (χ4v) is 4.59. The lowest BCUT2D eigenvalue weighted by molar-refractivity contribution is 0.256. The monoisotopic (exact) mass is 476 g/mol. The second kappa shape index (κ2) is 8.61. The molecule has 0 spiro atoms. The van der Waals surface area contributed by atoms with E-state index in [-0.39, 0.29) is 6.03 Å². The molecule has 5 heteroatoms. The van der Waals surface area contributed by atoms with Crippen molar-refractivity contribution in [2.24, 2.45) is 0 Å². The fourth-order valence-electron chi connectivity index (χ4n) is 4.23. The minimum absolute atomic E-state index is 0.0636. The van der Waals surface area contributed by atoms with Crippen molar-refractivity contribution in [2.75, 3.05) is 22.9 Å². The Kier molecular flexibility index (Phi) is 5.98. The molecule has 0 radical (unpaired) electrons. The molecule has 1 aliphatic carbocycles. The van der Waals surface area contributed by atoms with Gasteiger partial charge in [0.1, 0.15) is 23.0 Å². The number of carbonyl (C=O) groups excluding carboxylic acids is 1. The van der Waals surface area contributed by atoms with Crippen LogP contribution in [0.15, 0.2) is 48.5 Å². The third-order valence-corrected chi connectivity index (χ3v) is 6.05. The second-order valence-corrected chi connectivity index (χ2v) is 8.06. The summed E-state index contributed by atoms with van der Waals surface area (Å²) in [6, 6.07) is 16.7. The Morgan fingerprint density at radius 1 is 0.926 bits per heavy atom. The van der Waals surface area contributed by atoms with Crippen LogP contribution in [0.4, 0.5) is 16.2 Å². The number of nitrogens with zero attached hydrogens (tertiary/aromatic N) is 2. The van der Waals surface area contributed by atoms with Crippen molar-refractivity contribution in [2.45, 2.75) is 44.6 Å². The van der Waals surface area contributed by atoms with Gasteiger partial charge in [-0.25, -0.2) is 4.79 Å². The molecule has 1 heterocycles. The number of anilines is 2. The summed E-state index contributed by atoms with van der Waals surface area (Å²) in [6.07, 6.45) is 6.56. The molecule has 1 aliphatic heterocycles. The van der Waals surface area contributed by atoms with Gasteiger partial charge in [0.2, 0.25) is 0 Å². The maximum absolute atomic E-state index is 13.0. The van der Waals surface area contributed by atoms with Crippen LogP contribution >= 0.6 is 23.0 Å². The maximum atomic E-state index is 13.0. The topological polar surface area (TPSA) is 32.8 Å². The first-order valence-electron chi connectivity index (χ1n) is 9.78. The molecule has 4 rings (SSSR count). The van der Waals surface area contributed by atoms with Crippen LogP contribution in [-0.4, -0.2) is 19.1 Å². The predicted octanol–water partition coefficient (Wildman–Crippen LogP) is 6.05. The Labute approximate surface area is 175 Å². The van der Waals surface area contributed by atoms with Gasteiger partial charge in [0.25, 0.3) is 0 Å². The summed E-state index contributed by atoms with van der Waals surface area (Å²) in [4.78, 5) is 16.8. The van der Waals surface area contributed by atoms with E-state index in [0.29, 0.717) is 19.1 Å². The molecule has 0 atom stereocenters. The summed E-state index contributed by atoms with van der Waals surface area (Å²) in [5, 5.41) is 0. The summed E-state index contributed by atoms with van der Waals surface area (Å²) >= 11 is 1.90. The Balaban J connectivity index is 1.50. The van der Waals surface area contributed by atoms with E-state index in [0.717, 1.165) is 23.5 Å². The third kappa shape index (κ3) is 4.14. The number of rotatable bonds is 5. The van der Waals surface area contributed by atoms with Crippen molar-refractivity contribution in [1.29, 1.82) is 0 Å². The molecular formula is C22H25IN2O2. The van der Waals surface area contributed by atoms with E-state index in [2.05, 4.69) is 24.3 Å². The number of hydrogen-bond acceptors (Lipinski definition) is 2. The van der Waals surface area contributed by atoms with E-state index in [9.17, 15) is 4.79 Å². The van der Waals surface area contributed by atoms with E-state index in [1.807, 2.05) is 57.1 Å². The standard InChI is InChI=1S/C22H25IN2O2/c23-27-16-17-9-11-20(12-10-17)24-13-14-25(22(24)26)21-8-4-7-19(15-21)18-5-2-1-3-6-18/h4,7-12,15,18H,1-3,5-6,13-14,16H2. The zero-order valence-electron chi connectivity index (χ0n) is 15.4. The van der Waals surface area contributed by atoms with Crippen molar-refractivity contribution in [3.63, 3.8) is 0 Å². The summed E-state index contributed by atoms with van der Waals surface area (Å²) in [5.41, 5.74) is 4.47. The van der Waals surface area contributed by atoms with Crippen molar-refractivity contribution >= 4 is 40.4 Å². The SMILES string of the molecule is O=C1N(c2ccc(COI)cc2)CCN1c1cccc(C2CCCCC2)c1. The number of urea groups is 1. The van der Waals surface area contributed by atoms with Crippen LogP contribution in [0.5, 0.6) is 0 Å². The number of benzene rings is 2. The highest BCUT2D eigenvalue weighted by molar-refractivity contribution is 14.1. The van der Waals surface area contributed by atoms with Crippen LogP contribution in [-0.2, 0) is 9.67 Å². The lowest BCUT2D eigenvalue weighted by Gasteiger charge is -2.24. The first-order valence-corrected chi connectivity index (χ1v) is 10.7. The number of carbonyl (C=O) groups is 1. The predicted molar refractivity (Wildman–Crippen MR) is 118 cm³/mol. The van der Waals surface area contributed by atoms with Crippen molar-refractivity contribution in [3.8, 4) is 0 Å². The molecule has 2 aromatic rings. The van der Waals surface area contributed by atoms with E-state index < -0.39 is 0 Å². The van der Waals surface area contributed by atoms with E-state index >= 15 is 0 Å². The maximum Gasteiger partial charge on any atom is 0.329 e. The highest BCUT2D eigenvalue weighted by Gasteiger charge is 2.31. The Bertz CT molecular complexity index is 787. The van der Waals surface area contributed by atoms with Crippen LogP contribution in [0.2, 0.25) is 0 Å². The quantitative estimate of drug-likeness (QED) is 0.493. The molecule has 0 unspecified atom stereocenters. The lowest BCUT2D eigenvalue weighted by Crippen LogP contribution is -2.31. The smallest absolute Gasteiger partial charge is 0.311 e. The van der Waals surface area contributed by atoms with Gasteiger partial charge in [-0.2, -0.15) is 0 Å².